The van der Waals surface area contributed by atoms with Gasteiger partial charge < -0.3 is 21.1 Å². The summed E-state index contributed by atoms with van der Waals surface area (Å²) >= 11 is 0. The van der Waals surface area contributed by atoms with Gasteiger partial charge in [-0.1, -0.05) is 6.07 Å². The molecule has 0 aliphatic carbocycles. The van der Waals surface area contributed by atoms with Crippen molar-refractivity contribution < 1.29 is 9.53 Å². The molecule has 1 aromatic rings. The van der Waals surface area contributed by atoms with Crippen LogP contribution in [0.15, 0.2) is 18.2 Å². The number of carbonyl (C=O) groups is 1. The van der Waals surface area contributed by atoms with Crippen molar-refractivity contribution in [3.8, 4) is 5.75 Å². The van der Waals surface area contributed by atoms with E-state index in [1.165, 1.54) is 0 Å². The Hall–Kier alpha value is -1.75. The van der Waals surface area contributed by atoms with E-state index in [0.29, 0.717) is 31.0 Å². The van der Waals surface area contributed by atoms with E-state index in [1.54, 1.807) is 6.07 Å². The maximum atomic E-state index is 12.0. The Kier molecular flexibility index (Phi) is 4.41. The van der Waals surface area contributed by atoms with Gasteiger partial charge in [0.15, 0.2) is 5.75 Å². The number of benzene rings is 1. The molecular formula is C13H19N3O2. The Bertz CT molecular complexity index is 421. The molecule has 0 atom stereocenters. The van der Waals surface area contributed by atoms with Gasteiger partial charge in [-0.15, -0.1) is 0 Å². The highest BCUT2D eigenvalue weighted by Crippen LogP contribution is 2.30. The van der Waals surface area contributed by atoms with Crippen LogP contribution >= 0.6 is 0 Å². The first-order valence-corrected chi connectivity index (χ1v) is 6.31. The first-order chi connectivity index (χ1) is 8.83. The van der Waals surface area contributed by atoms with E-state index in [9.17, 15) is 4.79 Å². The van der Waals surface area contributed by atoms with Gasteiger partial charge in [0.2, 0.25) is 0 Å². The molecule has 1 amide bonds. The first kappa shape index (κ1) is 12.7. The highest BCUT2D eigenvalue weighted by atomic mass is 16.5. The third-order valence-corrected chi connectivity index (χ3v) is 2.84. The zero-order valence-electron chi connectivity index (χ0n) is 10.4. The Morgan fingerprint density at radius 1 is 1.44 bits per heavy atom. The Labute approximate surface area is 107 Å². The van der Waals surface area contributed by atoms with Crippen LogP contribution in [0.2, 0.25) is 0 Å². The van der Waals surface area contributed by atoms with Crippen LogP contribution in [-0.4, -0.2) is 32.1 Å². The van der Waals surface area contributed by atoms with Crippen LogP contribution in [0.3, 0.4) is 0 Å². The summed E-state index contributed by atoms with van der Waals surface area (Å²) in [5.74, 6) is 0.563. The monoisotopic (exact) mass is 249 g/mol. The van der Waals surface area contributed by atoms with Crippen molar-refractivity contribution in [2.45, 2.75) is 12.8 Å². The molecule has 4 N–H and O–H groups in total. The number of nitrogens with two attached hydrogens (primary N) is 1. The molecule has 0 aromatic heterocycles. The lowest BCUT2D eigenvalue weighted by Crippen LogP contribution is -2.27. The highest BCUT2D eigenvalue weighted by Gasteiger charge is 2.18. The number of amides is 1. The molecule has 5 heteroatoms. The molecule has 5 nitrogen and oxygen atoms in total. The van der Waals surface area contributed by atoms with Gasteiger partial charge in [-0.05, 0) is 31.5 Å². The molecule has 0 radical (unpaired) electrons. The molecule has 98 valence electrons. The minimum atomic E-state index is -0.0902. The van der Waals surface area contributed by atoms with E-state index in [1.807, 2.05) is 12.1 Å². The molecule has 1 aliphatic rings. The standard InChI is InChI=1S/C13H19N3O2/c14-6-1-2-7-16-13(17)10-4-3-5-11-12(10)18-9-8-15-11/h3-5,15H,1-2,6-9,14H2,(H,16,17). The number of anilines is 1. The van der Waals surface area contributed by atoms with Crippen molar-refractivity contribution in [1.29, 1.82) is 0 Å². The maximum absolute atomic E-state index is 12.0. The third-order valence-electron chi connectivity index (χ3n) is 2.84. The van der Waals surface area contributed by atoms with Gasteiger partial charge in [-0.3, -0.25) is 4.79 Å². The van der Waals surface area contributed by atoms with Gasteiger partial charge in [0.25, 0.3) is 5.91 Å². The average Bonchev–Trinajstić information content (AvgIpc) is 2.43. The van der Waals surface area contributed by atoms with Gasteiger partial charge in [0.05, 0.1) is 11.3 Å². The van der Waals surface area contributed by atoms with E-state index in [-0.39, 0.29) is 5.91 Å². The highest BCUT2D eigenvalue weighted by molar-refractivity contribution is 5.98. The lowest BCUT2D eigenvalue weighted by Gasteiger charge is -2.21. The van der Waals surface area contributed by atoms with Crippen molar-refractivity contribution in [1.82, 2.24) is 5.32 Å². The Morgan fingerprint density at radius 2 is 2.33 bits per heavy atom. The van der Waals surface area contributed by atoms with Crippen LogP contribution in [0.1, 0.15) is 23.2 Å². The van der Waals surface area contributed by atoms with Crippen LogP contribution in [0.4, 0.5) is 5.69 Å². The molecule has 0 saturated heterocycles. The molecule has 0 saturated carbocycles. The molecule has 1 aliphatic heterocycles. The number of hydrogen-bond donors (Lipinski definition) is 3. The second kappa shape index (κ2) is 6.26. The molecule has 18 heavy (non-hydrogen) atoms. The molecule has 1 heterocycles. The van der Waals surface area contributed by atoms with E-state index < -0.39 is 0 Å². The minimum absolute atomic E-state index is 0.0902. The van der Waals surface area contributed by atoms with Crippen molar-refractivity contribution in [2.24, 2.45) is 5.73 Å². The normalized spacial score (nSPS) is 13.2. The van der Waals surface area contributed by atoms with Crippen molar-refractivity contribution >= 4 is 11.6 Å². The maximum Gasteiger partial charge on any atom is 0.255 e. The zero-order valence-corrected chi connectivity index (χ0v) is 10.4. The minimum Gasteiger partial charge on any atom is -0.489 e. The molecular weight excluding hydrogens is 230 g/mol. The topological polar surface area (TPSA) is 76.4 Å². The number of rotatable bonds is 5. The third kappa shape index (κ3) is 2.92. The first-order valence-electron chi connectivity index (χ1n) is 6.31. The van der Waals surface area contributed by atoms with E-state index in [4.69, 9.17) is 10.5 Å². The van der Waals surface area contributed by atoms with Crippen molar-refractivity contribution in [3.05, 3.63) is 23.8 Å². The lowest BCUT2D eigenvalue weighted by atomic mass is 10.1. The second-order valence-corrected chi connectivity index (χ2v) is 4.21. The molecule has 2 rings (SSSR count). The van der Waals surface area contributed by atoms with E-state index in [0.717, 1.165) is 25.1 Å². The van der Waals surface area contributed by atoms with Gasteiger partial charge in [-0.2, -0.15) is 0 Å². The summed E-state index contributed by atoms with van der Waals surface area (Å²) in [6, 6.07) is 5.55. The smallest absolute Gasteiger partial charge is 0.255 e. The molecule has 1 aromatic carbocycles. The summed E-state index contributed by atoms with van der Waals surface area (Å²) in [4.78, 5) is 12.0. The summed E-state index contributed by atoms with van der Waals surface area (Å²) in [5.41, 5.74) is 6.88. The van der Waals surface area contributed by atoms with E-state index >= 15 is 0 Å². The fourth-order valence-electron chi connectivity index (χ4n) is 1.92. The number of fused-ring (bicyclic) bond motifs is 1. The van der Waals surface area contributed by atoms with Gasteiger partial charge in [0.1, 0.15) is 6.61 Å². The number of unbranched alkanes of at least 4 members (excludes halogenated alkanes) is 1. The fraction of sp³-hybridized carbons (Fsp3) is 0.462. The SMILES string of the molecule is NCCCCNC(=O)c1cccc2c1OCCN2. The molecule has 0 bridgehead atoms. The predicted octanol–water partition coefficient (Wildman–Crippen LogP) is 0.960. The summed E-state index contributed by atoms with van der Waals surface area (Å²) in [6.07, 6.45) is 1.82. The summed E-state index contributed by atoms with van der Waals surface area (Å²) in [6.45, 7) is 2.66. The number of para-hydroxylation sites is 1. The van der Waals surface area contributed by atoms with Gasteiger partial charge >= 0.3 is 0 Å². The Balaban J connectivity index is 2.01. The molecule has 0 spiro atoms. The number of carbonyl (C=O) groups excluding carboxylic acids is 1. The summed E-state index contributed by atoms with van der Waals surface area (Å²) in [7, 11) is 0. The van der Waals surface area contributed by atoms with Crippen LogP contribution in [-0.2, 0) is 0 Å². The average molecular weight is 249 g/mol. The van der Waals surface area contributed by atoms with E-state index in [2.05, 4.69) is 10.6 Å². The van der Waals surface area contributed by atoms with Crippen LogP contribution in [0.25, 0.3) is 0 Å². The number of nitrogens with one attached hydrogen (secondary N) is 2. The van der Waals surface area contributed by atoms with Crippen LogP contribution < -0.4 is 21.1 Å². The summed E-state index contributed by atoms with van der Waals surface area (Å²) in [5, 5.41) is 6.09. The molecule has 0 unspecified atom stereocenters. The van der Waals surface area contributed by atoms with Crippen LogP contribution in [0.5, 0.6) is 5.75 Å². The van der Waals surface area contributed by atoms with Gasteiger partial charge in [0, 0.05) is 13.1 Å². The quantitative estimate of drug-likeness (QED) is 0.679. The zero-order chi connectivity index (χ0) is 12.8. The number of hydrogen-bond acceptors (Lipinski definition) is 4. The lowest BCUT2D eigenvalue weighted by molar-refractivity contribution is 0.0949. The van der Waals surface area contributed by atoms with Crippen LogP contribution in [0, 0.1) is 0 Å². The largest absolute Gasteiger partial charge is 0.489 e. The summed E-state index contributed by atoms with van der Waals surface area (Å²) < 4.78 is 5.56. The van der Waals surface area contributed by atoms with Crippen molar-refractivity contribution in [2.75, 3.05) is 31.6 Å². The predicted molar refractivity (Wildman–Crippen MR) is 71.0 cm³/mol. The van der Waals surface area contributed by atoms with Crippen molar-refractivity contribution in [3.63, 3.8) is 0 Å². The number of ether oxygens (including phenoxy) is 1. The van der Waals surface area contributed by atoms with Gasteiger partial charge in [-0.25, -0.2) is 0 Å². The second-order valence-electron chi connectivity index (χ2n) is 4.21. The Morgan fingerprint density at radius 3 is 3.17 bits per heavy atom. The molecule has 0 fully saturated rings. The fourth-order valence-corrected chi connectivity index (χ4v) is 1.92.